The monoisotopic (exact) mass is 485 g/mol. The molecule has 34 heavy (non-hydrogen) atoms. The van der Waals surface area contributed by atoms with Crippen molar-refractivity contribution in [1.82, 2.24) is 10.2 Å². The van der Waals surface area contributed by atoms with Crippen LogP contribution in [0.3, 0.4) is 0 Å². The molecular formula is C25H22ClF2N3O3. The lowest BCUT2D eigenvalue weighted by molar-refractivity contribution is -0.138. The van der Waals surface area contributed by atoms with Gasteiger partial charge in [0.25, 0.3) is 0 Å². The van der Waals surface area contributed by atoms with E-state index in [0.717, 1.165) is 0 Å². The van der Waals surface area contributed by atoms with E-state index < -0.39 is 35.8 Å². The molecule has 3 N–H and O–H groups in total. The molecule has 3 aliphatic rings. The quantitative estimate of drug-likeness (QED) is 0.560. The second-order valence-corrected chi connectivity index (χ2v) is 8.60. The molecule has 6 nitrogen and oxygen atoms in total. The maximum Gasteiger partial charge on any atom is 0.249 e. The number of nitrogens with zero attached hydrogens (tertiary/aromatic N) is 1. The Labute approximate surface area is 200 Å². The first-order valence-electron chi connectivity index (χ1n) is 10.7. The number of hydrogen-bond donors (Lipinski definition) is 2. The van der Waals surface area contributed by atoms with Gasteiger partial charge in [-0.15, -0.1) is 0 Å². The maximum atomic E-state index is 14.3. The van der Waals surface area contributed by atoms with E-state index >= 15 is 0 Å². The van der Waals surface area contributed by atoms with Crippen molar-refractivity contribution in [2.45, 2.75) is 31.6 Å². The Bertz CT molecular complexity index is 1240. The third-order valence-electron chi connectivity index (χ3n) is 5.96. The van der Waals surface area contributed by atoms with Crippen LogP contribution < -0.4 is 11.1 Å². The number of hydrogen-bond acceptors (Lipinski definition) is 3. The van der Waals surface area contributed by atoms with E-state index in [2.05, 4.69) is 5.32 Å². The Hall–Kier alpha value is -3.52. The van der Waals surface area contributed by atoms with Crippen molar-refractivity contribution in [2.24, 2.45) is 5.73 Å². The van der Waals surface area contributed by atoms with Crippen molar-refractivity contribution < 1.29 is 23.2 Å². The Balaban J connectivity index is 1.51. The number of rotatable bonds is 6. The normalized spacial score (nSPS) is 17.7. The molecule has 3 amide bonds. The Morgan fingerprint density at radius 3 is 2.53 bits per heavy atom. The van der Waals surface area contributed by atoms with E-state index in [1.165, 1.54) is 17.0 Å². The van der Waals surface area contributed by atoms with Gasteiger partial charge in [-0.25, -0.2) is 8.78 Å². The van der Waals surface area contributed by atoms with Gasteiger partial charge in [-0.3, -0.25) is 14.4 Å². The molecule has 0 spiro atoms. The fourth-order valence-electron chi connectivity index (χ4n) is 4.30. The molecule has 2 atom stereocenters. The molecule has 1 fully saturated rings. The number of alkyl halides is 1. The van der Waals surface area contributed by atoms with Gasteiger partial charge >= 0.3 is 0 Å². The molecule has 1 heterocycles. The number of benzene rings is 1. The Morgan fingerprint density at radius 2 is 1.79 bits per heavy atom. The van der Waals surface area contributed by atoms with Gasteiger partial charge in [0.2, 0.25) is 17.7 Å². The summed E-state index contributed by atoms with van der Waals surface area (Å²) < 4.78 is 28.4. The Kier molecular flexibility index (Phi) is 6.79. The van der Waals surface area contributed by atoms with Crippen molar-refractivity contribution >= 4 is 29.3 Å². The molecular weight excluding hydrogens is 464 g/mol. The first-order valence-corrected chi connectivity index (χ1v) is 11.1. The highest BCUT2D eigenvalue weighted by atomic mass is 35.5. The third kappa shape index (κ3) is 4.72. The van der Waals surface area contributed by atoms with Crippen molar-refractivity contribution in [3.63, 3.8) is 0 Å². The number of carbonyl (C=O) groups excluding carboxylic acids is 3. The second-order valence-electron chi connectivity index (χ2n) is 8.19. The summed E-state index contributed by atoms with van der Waals surface area (Å²) in [5, 5.41) is 2.50. The number of fused-ring (bicyclic) bond motifs is 1. The third-order valence-corrected chi connectivity index (χ3v) is 6.25. The molecule has 0 saturated carbocycles. The van der Waals surface area contributed by atoms with Crippen LogP contribution in [0, 0.1) is 5.82 Å². The van der Waals surface area contributed by atoms with E-state index in [1.807, 2.05) is 0 Å². The van der Waals surface area contributed by atoms with Crippen molar-refractivity contribution in [3.8, 4) is 11.1 Å². The van der Waals surface area contributed by atoms with Gasteiger partial charge in [0.1, 0.15) is 18.0 Å². The van der Waals surface area contributed by atoms with Crippen LogP contribution in [0.4, 0.5) is 8.78 Å². The number of carbonyl (C=O) groups is 3. The number of nitrogens with one attached hydrogen (secondary N) is 1. The molecule has 4 rings (SSSR count). The summed E-state index contributed by atoms with van der Waals surface area (Å²) >= 11 is 5.77. The average molecular weight is 486 g/mol. The zero-order chi connectivity index (χ0) is 24.4. The fraction of sp³-hybridized carbons (Fsp3) is 0.240. The SMILES string of the molecule is NC(=O)c1cc(CC(=O)N2C[C@H](F)C[C@H]2C(=O)NCc2cccc(Cl)c2F)c2cccccc1-2. The smallest absolute Gasteiger partial charge is 0.249 e. The number of nitrogens with two attached hydrogens (primary N) is 1. The first-order chi connectivity index (χ1) is 16.3. The molecule has 9 heteroatoms. The average Bonchev–Trinajstić information content (AvgIpc) is 3.25. The molecule has 0 unspecified atom stereocenters. The van der Waals surface area contributed by atoms with E-state index in [9.17, 15) is 23.2 Å². The minimum absolute atomic E-state index is 0.0705. The summed E-state index contributed by atoms with van der Waals surface area (Å²) in [6.45, 7) is -0.371. The van der Waals surface area contributed by atoms with Crippen LogP contribution >= 0.6 is 11.6 Å². The van der Waals surface area contributed by atoms with Crippen LogP contribution in [0.15, 0.2) is 54.6 Å². The zero-order valence-electron chi connectivity index (χ0n) is 18.1. The summed E-state index contributed by atoms with van der Waals surface area (Å²) in [7, 11) is 0. The van der Waals surface area contributed by atoms with Crippen LogP contribution in [0.5, 0.6) is 0 Å². The largest absolute Gasteiger partial charge is 0.366 e. The lowest BCUT2D eigenvalue weighted by atomic mass is 10.1. The van der Waals surface area contributed by atoms with E-state index in [0.29, 0.717) is 16.7 Å². The lowest BCUT2D eigenvalue weighted by Crippen LogP contribution is -2.46. The molecule has 1 aliphatic heterocycles. The van der Waals surface area contributed by atoms with Gasteiger partial charge in [-0.1, -0.05) is 54.1 Å². The summed E-state index contributed by atoms with van der Waals surface area (Å²) in [5.74, 6) is -2.30. The molecule has 1 aromatic rings. The van der Waals surface area contributed by atoms with Crippen molar-refractivity contribution in [1.29, 1.82) is 0 Å². The van der Waals surface area contributed by atoms with Crippen LogP contribution in [-0.2, 0) is 22.6 Å². The molecule has 0 bridgehead atoms. The molecule has 0 aromatic heterocycles. The van der Waals surface area contributed by atoms with Gasteiger partial charge in [0.05, 0.1) is 18.0 Å². The molecule has 2 aliphatic carbocycles. The maximum absolute atomic E-state index is 14.3. The van der Waals surface area contributed by atoms with Gasteiger partial charge in [0, 0.05) is 24.1 Å². The summed E-state index contributed by atoms with van der Waals surface area (Å²) in [5.41, 5.74) is 7.83. The van der Waals surface area contributed by atoms with E-state index in [1.54, 1.807) is 42.5 Å². The highest BCUT2D eigenvalue weighted by Gasteiger charge is 2.40. The second kappa shape index (κ2) is 9.77. The predicted octanol–water partition coefficient (Wildman–Crippen LogP) is 3.48. The fourth-order valence-corrected chi connectivity index (χ4v) is 4.49. The highest BCUT2D eigenvalue weighted by Crippen LogP contribution is 2.33. The van der Waals surface area contributed by atoms with Gasteiger partial charge in [0.15, 0.2) is 0 Å². The number of primary amides is 1. The first kappa shape index (κ1) is 23.6. The van der Waals surface area contributed by atoms with Gasteiger partial charge in [-0.05, 0) is 28.8 Å². The van der Waals surface area contributed by atoms with Crippen LogP contribution in [0.2, 0.25) is 5.02 Å². The van der Waals surface area contributed by atoms with Crippen LogP contribution in [0.25, 0.3) is 11.1 Å². The highest BCUT2D eigenvalue weighted by molar-refractivity contribution is 6.30. The minimum atomic E-state index is -1.36. The molecule has 1 saturated heterocycles. The molecule has 176 valence electrons. The molecule has 1 aromatic carbocycles. The van der Waals surface area contributed by atoms with Gasteiger partial charge in [-0.2, -0.15) is 0 Å². The molecule has 0 radical (unpaired) electrons. The van der Waals surface area contributed by atoms with Crippen LogP contribution in [0.1, 0.15) is 27.9 Å². The standard InChI is InChI=1S/C25H22ClF2N3O3/c26-20-8-4-5-14(23(20)28)12-30-25(34)21-11-16(27)13-31(21)22(32)10-15-9-19(24(29)33)18-7-3-1-2-6-17(15)18/h1-9,16,21H,10-13H2,(H2,29,33)(H,30,34)/t16-,21+/m1/s1. The number of amides is 3. The minimum Gasteiger partial charge on any atom is -0.366 e. The summed E-state index contributed by atoms with van der Waals surface area (Å²) in [6, 6.07) is 13.8. The Morgan fingerprint density at radius 1 is 1.06 bits per heavy atom. The van der Waals surface area contributed by atoms with Gasteiger partial charge < -0.3 is 16.0 Å². The van der Waals surface area contributed by atoms with E-state index in [-0.39, 0.29) is 42.1 Å². The number of halogens is 3. The predicted molar refractivity (Wildman–Crippen MR) is 124 cm³/mol. The zero-order valence-corrected chi connectivity index (χ0v) is 18.8. The van der Waals surface area contributed by atoms with Crippen molar-refractivity contribution in [3.05, 3.63) is 82.1 Å². The van der Waals surface area contributed by atoms with Crippen molar-refractivity contribution in [2.75, 3.05) is 6.54 Å². The summed E-state index contributed by atoms with van der Waals surface area (Å²) in [6.07, 6.45) is -1.65. The van der Waals surface area contributed by atoms with E-state index in [4.69, 9.17) is 17.3 Å². The van der Waals surface area contributed by atoms with Crippen LogP contribution in [-0.4, -0.2) is 41.4 Å². The lowest BCUT2D eigenvalue weighted by Gasteiger charge is -2.24. The topological polar surface area (TPSA) is 92.5 Å². The number of likely N-dealkylation sites (tertiary alicyclic amines) is 1. The summed E-state index contributed by atoms with van der Waals surface area (Å²) in [4.78, 5) is 39.0.